The van der Waals surface area contributed by atoms with Crippen LogP contribution in [-0.2, 0) is 4.79 Å². The van der Waals surface area contributed by atoms with Gasteiger partial charge < -0.3 is 9.80 Å². The van der Waals surface area contributed by atoms with Crippen LogP contribution < -0.4 is 4.90 Å². The van der Waals surface area contributed by atoms with Gasteiger partial charge >= 0.3 is 0 Å². The molecule has 0 bridgehead atoms. The minimum atomic E-state index is -0.202. The summed E-state index contributed by atoms with van der Waals surface area (Å²) in [5.41, 5.74) is 1.05. The molecule has 1 heterocycles. The van der Waals surface area contributed by atoms with Crippen LogP contribution in [0.4, 0.5) is 10.1 Å². The van der Waals surface area contributed by atoms with E-state index in [9.17, 15) is 9.18 Å². The maximum atomic E-state index is 13.1. The highest BCUT2D eigenvalue weighted by atomic mass is 19.1. The largest absolute Gasteiger partial charge is 0.370 e. The lowest BCUT2D eigenvalue weighted by atomic mass is 9.80. The Morgan fingerprint density at radius 1 is 1.08 bits per heavy atom. The van der Waals surface area contributed by atoms with Crippen molar-refractivity contribution < 1.29 is 9.18 Å². The van der Waals surface area contributed by atoms with Crippen LogP contribution in [0.25, 0.3) is 0 Å². The number of amides is 1. The Morgan fingerprint density at radius 3 is 2.62 bits per heavy atom. The Morgan fingerprint density at radius 2 is 1.88 bits per heavy atom. The number of halogens is 1. The first-order valence-electron chi connectivity index (χ1n) is 9.40. The topological polar surface area (TPSA) is 23.6 Å². The monoisotopic (exact) mass is 332 g/mol. The van der Waals surface area contributed by atoms with Crippen molar-refractivity contribution in [2.75, 3.05) is 31.1 Å². The summed E-state index contributed by atoms with van der Waals surface area (Å²) in [6, 6.07) is 6.67. The second-order valence-electron chi connectivity index (χ2n) is 7.54. The Balaban J connectivity index is 1.53. The van der Waals surface area contributed by atoms with Gasteiger partial charge in [-0.1, -0.05) is 19.8 Å². The maximum Gasteiger partial charge on any atom is 0.222 e. The Kier molecular flexibility index (Phi) is 5.75. The Hall–Kier alpha value is -1.58. The zero-order valence-corrected chi connectivity index (χ0v) is 14.7. The minimum absolute atomic E-state index is 0.202. The van der Waals surface area contributed by atoms with Gasteiger partial charge in [-0.05, 0) is 55.4 Å². The maximum absolute atomic E-state index is 13.1. The van der Waals surface area contributed by atoms with Crippen LogP contribution in [0.2, 0.25) is 0 Å². The van der Waals surface area contributed by atoms with Crippen molar-refractivity contribution in [1.29, 1.82) is 0 Å². The van der Waals surface area contributed by atoms with Gasteiger partial charge in [-0.15, -0.1) is 0 Å². The molecule has 1 aromatic carbocycles. The number of carbonyl (C=O) groups is 1. The zero-order chi connectivity index (χ0) is 16.9. The average Bonchev–Trinajstić information content (AvgIpc) is 2.82. The van der Waals surface area contributed by atoms with Gasteiger partial charge in [-0.2, -0.15) is 0 Å². The summed E-state index contributed by atoms with van der Waals surface area (Å²) in [5, 5.41) is 0. The van der Waals surface area contributed by atoms with E-state index in [4.69, 9.17) is 0 Å². The van der Waals surface area contributed by atoms with Crippen molar-refractivity contribution in [3.05, 3.63) is 30.1 Å². The highest BCUT2D eigenvalue weighted by Crippen LogP contribution is 2.31. The molecule has 0 spiro atoms. The highest BCUT2D eigenvalue weighted by Gasteiger charge is 2.25. The van der Waals surface area contributed by atoms with Crippen LogP contribution >= 0.6 is 0 Å². The summed E-state index contributed by atoms with van der Waals surface area (Å²) in [5.74, 6) is 1.48. The quantitative estimate of drug-likeness (QED) is 0.832. The van der Waals surface area contributed by atoms with E-state index in [0.29, 0.717) is 11.8 Å². The van der Waals surface area contributed by atoms with Crippen molar-refractivity contribution in [3.63, 3.8) is 0 Å². The predicted molar refractivity (Wildman–Crippen MR) is 95.5 cm³/mol. The number of rotatable bonds is 3. The molecule has 2 aliphatic rings. The molecule has 2 unspecified atom stereocenters. The second-order valence-corrected chi connectivity index (χ2v) is 7.54. The molecular formula is C20H29FN2O. The number of nitrogens with zero attached hydrogens (tertiary/aromatic N) is 2. The fourth-order valence-electron chi connectivity index (χ4n) is 4.20. The smallest absolute Gasteiger partial charge is 0.222 e. The van der Waals surface area contributed by atoms with E-state index in [1.165, 1.54) is 37.8 Å². The fraction of sp³-hybridized carbons (Fsp3) is 0.650. The van der Waals surface area contributed by atoms with Gasteiger partial charge in [0.05, 0.1) is 0 Å². The number of benzene rings is 1. The van der Waals surface area contributed by atoms with E-state index in [2.05, 4.69) is 11.8 Å². The molecule has 24 heavy (non-hydrogen) atoms. The predicted octanol–water partition coefficient (Wildman–Crippen LogP) is 4.08. The summed E-state index contributed by atoms with van der Waals surface area (Å²) in [6.45, 7) is 5.69. The van der Waals surface area contributed by atoms with Crippen molar-refractivity contribution in [2.24, 2.45) is 11.8 Å². The molecule has 0 radical (unpaired) electrons. The molecule has 2 fully saturated rings. The second kappa shape index (κ2) is 8.00. The van der Waals surface area contributed by atoms with Gasteiger partial charge in [-0.25, -0.2) is 4.39 Å². The van der Waals surface area contributed by atoms with Crippen LogP contribution in [0.15, 0.2) is 24.3 Å². The molecule has 1 aromatic rings. The third kappa shape index (κ3) is 4.49. The molecular weight excluding hydrogens is 303 g/mol. The molecule has 0 N–H and O–H groups in total. The van der Waals surface area contributed by atoms with Crippen LogP contribution in [0.5, 0.6) is 0 Å². The SMILES string of the molecule is CC1CCCC(CC(=O)N2CCCN(c3ccc(F)cc3)CC2)C1. The standard InChI is InChI=1S/C20H29FN2O/c1-16-4-2-5-17(14-16)15-20(24)23-11-3-10-22(12-13-23)19-8-6-18(21)7-9-19/h6-9,16-17H,2-5,10-15H2,1H3. The summed E-state index contributed by atoms with van der Waals surface area (Å²) in [4.78, 5) is 17.0. The van der Waals surface area contributed by atoms with E-state index in [1.54, 1.807) is 0 Å². The lowest BCUT2D eigenvalue weighted by Gasteiger charge is -2.29. The molecule has 2 atom stereocenters. The normalized spacial score (nSPS) is 25.4. The first-order chi connectivity index (χ1) is 11.6. The van der Waals surface area contributed by atoms with Gasteiger partial charge in [0.2, 0.25) is 5.91 Å². The molecule has 3 nitrogen and oxygen atoms in total. The van der Waals surface area contributed by atoms with Crippen molar-refractivity contribution >= 4 is 11.6 Å². The van der Waals surface area contributed by atoms with E-state index < -0.39 is 0 Å². The first kappa shape index (κ1) is 17.2. The third-order valence-electron chi connectivity index (χ3n) is 5.55. The van der Waals surface area contributed by atoms with Gasteiger partial charge in [-0.3, -0.25) is 4.79 Å². The molecule has 1 saturated carbocycles. The summed E-state index contributed by atoms with van der Waals surface area (Å²) < 4.78 is 13.1. The number of hydrogen-bond donors (Lipinski definition) is 0. The minimum Gasteiger partial charge on any atom is -0.370 e. The molecule has 1 saturated heterocycles. The van der Waals surface area contributed by atoms with Gasteiger partial charge in [0, 0.05) is 38.3 Å². The average molecular weight is 332 g/mol. The summed E-state index contributed by atoms with van der Waals surface area (Å²) in [7, 11) is 0. The molecule has 1 aliphatic carbocycles. The van der Waals surface area contributed by atoms with E-state index in [-0.39, 0.29) is 5.82 Å². The number of carbonyl (C=O) groups excluding carboxylic acids is 1. The lowest BCUT2D eigenvalue weighted by Crippen LogP contribution is -2.36. The third-order valence-corrected chi connectivity index (χ3v) is 5.55. The molecule has 4 heteroatoms. The summed E-state index contributed by atoms with van der Waals surface area (Å²) >= 11 is 0. The van der Waals surface area contributed by atoms with E-state index >= 15 is 0 Å². The molecule has 1 amide bonds. The van der Waals surface area contributed by atoms with Crippen molar-refractivity contribution in [3.8, 4) is 0 Å². The van der Waals surface area contributed by atoms with Gasteiger partial charge in [0.25, 0.3) is 0 Å². The van der Waals surface area contributed by atoms with Crippen LogP contribution in [0.3, 0.4) is 0 Å². The Labute approximate surface area is 144 Å². The van der Waals surface area contributed by atoms with Crippen molar-refractivity contribution in [1.82, 2.24) is 4.90 Å². The van der Waals surface area contributed by atoms with Crippen molar-refractivity contribution in [2.45, 2.75) is 45.4 Å². The van der Waals surface area contributed by atoms with Crippen LogP contribution in [0.1, 0.15) is 45.4 Å². The number of hydrogen-bond acceptors (Lipinski definition) is 2. The van der Waals surface area contributed by atoms with E-state index in [1.807, 2.05) is 17.0 Å². The van der Waals surface area contributed by atoms with Crippen LogP contribution in [-0.4, -0.2) is 37.0 Å². The van der Waals surface area contributed by atoms with Crippen LogP contribution in [0, 0.1) is 17.7 Å². The fourth-order valence-corrected chi connectivity index (χ4v) is 4.20. The zero-order valence-electron chi connectivity index (χ0n) is 14.7. The van der Waals surface area contributed by atoms with Gasteiger partial charge in [0.1, 0.15) is 5.82 Å². The Bertz CT molecular complexity index is 545. The van der Waals surface area contributed by atoms with Gasteiger partial charge in [0.15, 0.2) is 0 Å². The summed E-state index contributed by atoms with van der Waals surface area (Å²) in [6.07, 6.45) is 6.72. The lowest BCUT2D eigenvalue weighted by molar-refractivity contribution is -0.132. The first-order valence-corrected chi connectivity index (χ1v) is 9.40. The van der Waals surface area contributed by atoms with E-state index in [0.717, 1.165) is 50.6 Å². The molecule has 1 aliphatic heterocycles. The molecule has 132 valence electrons. The molecule has 0 aromatic heterocycles. The highest BCUT2D eigenvalue weighted by molar-refractivity contribution is 5.76. The number of anilines is 1. The molecule has 3 rings (SSSR count).